The number of carbonyl (C=O) groups is 2. The maximum absolute atomic E-state index is 12.0. The molecule has 2 amide bonds. The number of nitrogens with zero attached hydrogens (tertiary/aromatic N) is 2. The van der Waals surface area contributed by atoms with E-state index in [1.807, 2.05) is 0 Å². The number of benzene rings is 1. The summed E-state index contributed by atoms with van der Waals surface area (Å²) in [6.45, 7) is -0.118. The molecule has 0 bridgehead atoms. The number of likely N-dealkylation sites (N-methyl/N-ethyl adjacent to an activating group) is 1. The van der Waals surface area contributed by atoms with E-state index < -0.39 is 27.4 Å². The van der Waals surface area contributed by atoms with Gasteiger partial charge in [-0.25, -0.2) is 13.1 Å². The Labute approximate surface area is 138 Å². The summed E-state index contributed by atoms with van der Waals surface area (Å²) in [7, 11) is -2.35. The molecule has 1 fully saturated rings. The van der Waals surface area contributed by atoms with Gasteiger partial charge in [-0.2, -0.15) is 0 Å². The van der Waals surface area contributed by atoms with Crippen molar-refractivity contribution in [2.24, 2.45) is 0 Å². The normalized spacial score (nSPS) is 17.8. The second-order valence-corrected chi connectivity index (χ2v) is 7.09. The molecule has 1 unspecified atom stereocenters. The van der Waals surface area contributed by atoms with Crippen LogP contribution in [-0.2, 0) is 19.6 Å². The minimum atomic E-state index is -3.96. The fourth-order valence-corrected chi connectivity index (χ4v) is 3.21. The number of hydrogen-bond donors (Lipinski definition) is 2. The van der Waals surface area contributed by atoms with Gasteiger partial charge in [0.15, 0.2) is 0 Å². The Morgan fingerprint density at radius 3 is 2.50 bits per heavy atom. The van der Waals surface area contributed by atoms with Crippen molar-refractivity contribution in [2.45, 2.75) is 17.4 Å². The van der Waals surface area contributed by atoms with E-state index >= 15 is 0 Å². The van der Waals surface area contributed by atoms with Crippen LogP contribution in [0.2, 0.25) is 0 Å². The highest BCUT2D eigenvalue weighted by Crippen LogP contribution is 2.15. The summed E-state index contributed by atoms with van der Waals surface area (Å²) in [5.41, 5.74) is -0.235. The van der Waals surface area contributed by atoms with E-state index in [1.165, 1.54) is 4.90 Å². The van der Waals surface area contributed by atoms with Crippen molar-refractivity contribution in [3.63, 3.8) is 0 Å². The number of amides is 2. The zero-order valence-corrected chi connectivity index (χ0v) is 13.6. The molecule has 2 N–H and O–H groups in total. The first-order valence-corrected chi connectivity index (χ1v) is 8.45. The molecule has 0 aliphatic carbocycles. The third kappa shape index (κ3) is 4.26. The van der Waals surface area contributed by atoms with Crippen LogP contribution in [0.1, 0.15) is 6.42 Å². The molecule has 1 heterocycles. The second kappa shape index (κ2) is 6.93. The van der Waals surface area contributed by atoms with Crippen LogP contribution in [0.5, 0.6) is 0 Å². The molecular formula is C13H16N4O6S. The molecule has 0 radical (unpaired) electrons. The van der Waals surface area contributed by atoms with Crippen LogP contribution in [0.25, 0.3) is 0 Å². The summed E-state index contributed by atoms with van der Waals surface area (Å²) in [6.07, 6.45) is 0.178. The summed E-state index contributed by atoms with van der Waals surface area (Å²) in [5.74, 6) is -0.652. The molecule has 0 saturated carbocycles. The summed E-state index contributed by atoms with van der Waals surface area (Å²) < 4.78 is 26.2. The lowest BCUT2D eigenvalue weighted by Gasteiger charge is -2.13. The molecular weight excluding hydrogens is 340 g/mol. The first-order valence-electron chi connectivity index (χ1n) is 6.96. The Kier molecular flexibility index (Phi) is 5.14. The zero-order chi connectivity index (χ0) is 17.9. The fraction of sp³-hybridized carbons (Fsp3) is 0.385. The number of likely N-dealkylation sites (tertiary alicyclic amines) is 1. The number of sulfonamides is 1. The van der Waals surface area contributed by atoms with Gasteiger partial charge in [0.05, 0.1) is 22.4 Å². The minimum absolute atomic E-state index is 0.0910. The van der Waals surface area contributed by atoms with Crippen LogP contribution in [0, 0.1) is 10.1 Å². The van der Waals surface area contributed by atoms with Crippen molar-refractivity contribution in [3.05, 3.63) is 34.4 Å². The first-order chi connectivity index (χ1) is 11.2. The lowest BCUT2D eigenvalue weighted by Crippen LogP contribution is -2.42. The minimum Gasteiger partial charge on any atom is -0.350 e. The maximum Gasteiger partial charge on any atom is 0.269 e. The monoisotopic (exact) mass is 356 g/mol. The van der Waals surface area contributed by atoms with Gasteiger partial charge < -0.3 is 10.2 Å². The number of non-ortho nitro benzene ring substituents is 1. The fourth-order valence-electron chi connectivity index (χ4n) is 2.23. The summed E-state index contributed by atoms with van der Waals surface area (Å²) in [6, 6.07) is 3.95. The molecule has 11 heteroatoms. The maximum atomic E-state index is 12.0. The van der Waals surface area contributed by atoms with Crippen LogP contribution in [0.3, 0.4) is 0 Å². The van der Waals surface area contributed by atoms with E-state index in [-0.39, 0.29) is 29.0 Å². The molecule has 2 rings (SSSR count). The topological polar surface area (TPSA) is 139 Å². The molecule has 10 nitrogen and oxygen atoms in total. The molecule has 1 atom stereocenters. The highest BCUT2D eigenvalue weighted by Gasteiger charge is 2.28. The Balaban J connectivity index is 1.91. The first kappa shape index (κ1) is 17.8. The lowest BCUT2D eigenvalue weighted by molar-refractivity contribution is -0.384. The van der Waals surface area contributed by atoms with Crippen LogP contribution >= 0.6 is 0 Å². The van der Waals surface area contributed by atoms with E-state index in [4.69, 9.17) is 0 Å². The largest absolute Gasteiger partial charge is 0.350 e. The van der Waals surface area contributed by atoms with Crippen molar-refractivity contribution < 1.29 is 22.9 Å². The van der Waals surface area contributed by atoms with Crippen LogP contribution < -0.4 is 10.0 Å². The van der Waals surface area contributed by atoms with E-state index in [0.29, 0.717) is 6.54 Å². The molecule has 0 aromatic heterocycles. The van der Waals surface area contributed by atoms with Gasteiger partial charge in [-0.3, -0.25) is 19.7 Å². The van der Waals surface area contributed by atoms with Crippen LogP contribution in [0.4, 0.5) is 5.69 Å². The molecule has 1 aliphatic rings. The Bertz CT molecular complexity index is 761. The predicted molar refractivity (Wildman–Crippen MR) is 82.5 cm³/mol. The van der Waals surface area contributed by atoms with Gasteiger partial charge in [-0.1, -0.05) is 0 Å². The second-order valence-electron chi connectivity index (χ2n) is 5.32. The van der Waals surface area contributed by atoms with Gasteiger partial charge in [0.1, 0.15) is 0 Å². The van der Waals surface area contributed by atoms with Crippen molar-refractivity contribution in [2.75, 3.05) is 20.1 Å². The van der Waals surface area contributed by atoms with Gasteiger partial charge in [-0.05, 0) is 12.1 Å². The molecule has 1 saturated heterocycles. The van der Waals surface area contributed by atoms with Crippen molar-refractivity contribution in [3.8, 4) is 0 Å². The number of carbonyl (C=O) groups excluding carboxylic acids is 2. The van der Waals surface area contributed by atoms with Gasteiger partial charge in [0, 0.05) is 32.1 Å². The SMILES string of the molecule is CN1CC(NC(=O)CNS(=O)(=O)c2ccc([N+](=O)[O-])cc2)CC1=O. The predicted octanol–water partition coefficient (Wildman–Crippen LogP) is -0.780. The van der Waals surface area contributed by atoms with Gasteiger partial charge in [0.2, 0.25) is 21.8 Å². The van der Waals surface area contributed by atoms with Crippen molar-refractivity contribution in [1.82, 2.24) is 14.9 Å². The smallest absolute Gasteiger partial charge is 0.269 e. The Hall–Kier alpha value is -2.53. The number of hydrogen-bond acceptors (Lipinski definition) is 6. The molecule has 0 spiro atoms. The van der Waals surface area contributed by atoms with Crippen molar-refractivity contribution in [1.29, 1.82) is 0 Å². The quantitative estimate of drug-likeness (QED) is 0.506. The molecule has 24 heavy (non-hydrogen) atoms. The summed E-state index contributed by atoms with van der Waals surface area (Å²) in [4.78, 5) is 34.3. The van der Waals surface area contributed by atoms with Gasteiger partial charge in [-0.15, -0.1) is 0 Å². The third-order valence-electron chi connectivity index (χ3n) is 3.49. The average molecular weight is 356 g/mol. The van der Waals surface area contributed by atoms with Crippen LogP contribution in [-0.4, -0.2) is 56.2 Å². The zero-order valence-electron chi connectivity index (χ0n) is 12.8. The molecule has 1 aromatic rings. The molecule has 130 valence electrons. The average Bonchev–Trinajstić information content (AvgIpc) is 2.83. The summed E-state index contributed by atoms with van der Waals surface area (Å²) >= 11 is 0. The lowest BCUT2D eigenvalue weighted by atomic mass is 10.2. The number of rotatable bonds is 6. The van der Waals surface area contributed by atoms with E-state index in [9.17, 15) is 28.1 Å². The third-order valence-corrected chi connectivity index (χ3v) is 4.90. The summed E-state index contributed by atoms with van der Waals surface area (Å²) in [5, 5.41) is 13.1. The Morgan fingerprint density at radius 1 is 1.38 bits per heavy atom. The standard InChI is InChI=1S/C13H16N4O6S/c1-16-8-9(6-13(16)19)15-12(18)7-14-24(22,23)11-4-2-10(3-5-11)17(20)21/h2-5,9,14H,6-8H2,1H3,(H,15,18). The number of nitro groups is 1. The molecule has 1 aliphatic heterocycles. The van der Waals surface area contributed by atoms with E-state index in [1.54, 1.807) is 7.05 Å². The number of nitrogens with one attached hydrogen (secondary N) is 2. The highest BCUT2D eigenvalue weighted by molar-refractivity contribution is 7.89. The Morgan fingerprint density at radius 2 is 2.00 bits per heavy atom. The van der Waals surface area contributed by atoms with E-state index in [0.717, 1.165) is 24.3 Å². The van der Waals surface area contributed by atoms with Crippen LogP contribution in [0.15, 0.2) is 29.2 Å². The van der Waals surface area contributed by atoms with Gasteiger partial charge in [0.25, 0.3) is 5.69 Å². The highest BCUT2D eigenvalue weighted by atomic mass is 32.2. The van der Waals surface area contributed by atoms with Gasteiger partial charge >= 0.3 is 0 Å². The van der Waals surface area contributed by atoms with E-state index in [2.05, 4.69) is 10.0 Å². The number of nitro benzene ring substituents is 1. The molecule has 1 aromatic carbocycles. The van der Waals surface area contributed by atoms with Crippen molar-refractivity contribution >= 4 is 27.5 Å².